The Morgan fingerprint density at radius 2 is 2.19 bits per heavy atom. The summed E-state index contributed by atoms with van der Waals surface area (Å²) >= 11 is 1.33. The molecule has 0 saturated heterocycles. The normalized spacial score (nSPS) is 11.3. The van der Waals surface area contributed by atoms with Crippen molar-refractivity contribution in [2.75, 3.05) is 12.4 Å². The lowest BCUT2D eigenvalue weighted by atomic mass is 10.2. The van der Waals surface area contributed by atoms with Crippen LogP contribution in [-0.4, -0.2) is 27.8 Å². The van der Waals surface area contributed by atoms with Crippen LogP contribution in [0.15, 0.2) is 46.3 Å². The molecule has 0 saturated carbocycles. The average Bonchev–Trinajstić information content (AvgIpc) is 3.39. The van der Waals surface area contributed by atoms with Gasteiger partial charge in [0.25, 0.3) is 5.91 Å². The van der Waals surface area contributed by atoms with Crippen LogP contribution < -0.4 is 10.1 Å². The summed E-state index contributed by atoms with van der Waals surface area (Å²) in [5.41, 5.74) is 1.68. The minimum Gasteiger partial charge on any atom is -0.493 e. The van der Waals surface area contributed by atoms with Crippen molar-refractivity contribution in [1.82, 2.24) is 14.8 Å². The number of hydrogen-bond acceptors (Lipinski definition) is 6. The van der Waals surface area contributed by atoms with E-state index in [4.69, 9.17) is 9.15 Å². The molecule has 0 bridgehead atoms. The number of carbonyl (C=O) groups is 1. The first kappa shape index (κ1) is 17.3. The zero-order valence-corrected chi connectivity index (χ0v) is 15.9. The van der Waals surface area contributed by atoms with Gasteiger partial charge >= 0.3 is 0 Å². The Kier molecular flexibility index (Phi) is 4.41. The second-order valence-electron chi connectivity index (χ2n) is 6.26. The van der Waals surface area contributed by atoms with Gasteiger partial charge in [0.1, 0.15) is 5.69 Å². The number of thiazole rings is 1. The Bertz CT molecular complexity index is 1110. The Hall–Kier alpha value is -3.13. The summed E-state index contributed by atoms with van der Waals surface area (Å²) in [5.74, 6) is 1.00. The van der Waals surface area contributed by atoms with Crippen LogP contribution in [0, 0.1) is 0 Å². The predicted octanol–water partition coefficient (Wildman–Crippen LogP) is 4.59. The number of aromatic nitrogens is 3. The van der Waals surface area contributed by atoms with Gasteiger partial charge in [-0.05, 0) is 32.0 Å². The third kappa shape index (κ3) is 3.31. The minimum absolute atomic E-state index is 0.197. The summed E-state index contributed by atoms with van der Waals surface area (Å²) in [7, 11) is 1.61. The number of nitrogens with one attached hydrogen (secondary N) is 1. The number of carbonyl (C=O) groups excluding carboxylic acids is 1. The van der Waals surface area contributed by atoms with Gasteiger partial charge in [0.05, 0.1) is 7.11 Å². The monoisotopic (exact) mass is 382 g/mol. The topological polar surface area (TPSA) is 82.2 Å². The van der Waals surface area contributed by atoms with Gasteiger partial charge in [0.15, 0.2) is 27.9 Å². The lowest BCUT2D eigenvalue weighted by Gasteiger charge is -2.03. The lowest BCUT2D eigenvalue weighted by molar-refractivity contribution is 0.102. The molecule has 0 aliphatic heterocycles. The third-order valence-corrected chi connectivity index (χ3v) is 4.83. The molecule has 7 nitrogen and oxygen atoms in total. The number of fused-ring (bicyclic) bond motifs is 1. The van der Waals surface area contributed by atoms with Crippen molar-refractivity contribution >= 4 is 33.3 Å². The van der Waals surface area contributed by atoms with Crippen molar-refractivity contribution in [1.29, 1.82) is 0 Å². The van der Waals surface area contributed by atoms with E-state index < -0.39 is 0 Å². The first-order chi connectivity index (χ1) is 13.0. The smallest absolute Gasteiger partial charge is 0.277 e. The van der Waals surface area contributed by atoms with E-state index in [0.717, 1.165) is 5.39 Å². The number of amides is 1. The number of methoxy groups -OCH3 is 1. The first-order valence-corrected chi connectivity index (χ1v) is 9.32. The van der Waals surface area contributed by atoms with Gasteiger partial charge in [-0.25, -0.2) is 4.98 Å². The summed E-state index contributed by atoms with van der Waals surface area (Å²) in [6, 6.07) is 9.49. The molecule has 0 aliphatic carbocycles. The summed E-state index contributed by atoms with van der Waals surface area (Å²) in [6.07, 6.45) is 1.79. The molecule has 0 unspecified atom stereocenters. The van der Waals surface area contributed by atoms with Gasteiger partial charge in [0.2, 0.25) is 0 Å². The van der Waals surface area contributed by atoms with Crippen molar-refractivity contribution < 1.29 is 13.9 Å². The van der Waals surface area contributed by atoms with Crippen LogP contribution in [0.3, 0.4) is 0 Å². The van der Waals surface area contributed by atoms with Gasteiger partial charge in [-0.2, -0.15) is 5.10 Å². The number of nitrogens with zero attached hydrogens (tertiary/aromatic N) is 3. The van der Waals surface area contributed by atoms with E-state index in [1.165, 1.54) is 11.3 Å². The third-order valence-electron chi connectivity index (χ3n) is 4.08. The highest BCUT2D eigenvalue weighted by Crippen LogP contribution is 2.34. The molecule has 0 fully saturated rings. The summed E-state index contributed by atoms with van der Waals surface area (Å²) < 4.78 is 13.0. The van der Waals surface area contributed by atoms with E-state index in [2.05, 4.69) is 15.4 Å². The highest BCUT2D eigenvalue weighted by atomic mass is 32.1. The molecule has 8 heteroatoms. The van der Waals surface area contributed by atoms with Crippen LogP contribution in [0.1, 0.15) is 30.4 Å². The van der Waals surface area contributed by atoms with E-state index in [1.807, 2.05) is 43.5 Å². The number of hydrogen-bond donors (Lipinski definition) is 1. The van der Waals surface area contributed by atoms with Crippen LogP contribution in [0.25, 0.3) is 22.4 Å². The molecule has 1 aromatic carbocycles. The van der Waals surface area contributed by atoms with E-state index in [9.17, 15) is 4.79 Å². The highest BCUT2D eigenvalue weighted by Gasteiger charge is 2.16. The lowest BCUT2D eigenvalue weighted by Crippen LogP contribution is -2.13. The zero-order chi connectivity index (χ0) is 19.0. The molecule has 0 atom stereocenters. The number of furan rings is 1. The van der Waals surface area contributed by atoms with Crippen molar-refractivity contribution in [2.24, 2.45) is 0 Å². The van der Waals surface area contributed by atoms with Crippen LogP contribution in [0.4, 0.5) is 5.13 Å². The SMILES string of the molecule is COc1cccc2cc(-c3csc(NC(=O)c4ccn(C(C)C)n4)n3)oc12. The van der Waals surface area contributed by atoms with E-state index in [-0.39, 0.29) is 11.9 Å². The largest absolute Gasteiger partial charge is 0.493 e. The molecular weight excluding hydrogens is 364 g/mol. The van der Waals surface area contributed by atoms with Crippen LogP contribution >= 0.6 is 11.3 Å². The molecule has 27 heavy (non-hydrogen) atoms. The molecule has 4 aromatic rings. The molecule has 1 amide bonds. The molecule has 3 heterocycles. The molecule has 0 spiro atoms. The van der Waals surface area contributed by atoms with Crippen molar-refractivity contribution in [3.8, 4) is 17.2 Å². The van der Waals surface area contributed by atoms with E-state index >= 15 is 0 Å². The standard InChI is InChI=1S/C19H18N4O3S/c1-11(2)23-8-7-13(22-23)18(24)21-19-20-14(10-27-19)16-9-12-5-4-6-15(25-3)17(12)26-16/h4-11H,1-3H3,(H,20,21,24). The molecule has 1 N–H and O–H groups in total. The van der Waals surface area contributed by atoms with E-state index in [0.29, 0.717) is 33.6 Å². The second kappa shape index (κ2) is 6.88. The fourth-order valence-electron chi connectivity index (χ4n) is 2.68. The maximum absolute atomic E-state index is 12.4. The Labute approximate surface area is 159 Å². The fourth-order valence-corrected chi connectivity index (χ4v) is 3.37. The fraction of sp³-hybridized carbons (Fsp3) is 0.211. The predicted molar refractivity (Wildman–Crippen MR) is 104 cm³/mol. The van der Waals surface area contributed by atoms with Gasteiger partial charge in [-0.15, -0.1) is 11.3 Å². The van der Waals surface area contributed by atoms with Crippen molar-refractivity contribution in [3.05, 3.63) is 47.6 Å². The second-order valence-corrected chi connectivity index (χ2v) is 7.11. The van der Waals surface area contributed by atoms with Crippen molar-refractivity contribution in [2.45, 2.75) is 19.9 Å². The summed E-state index contributed by atoms with van der Waals surface area (Å²) in [6.45, 7) is 4.01. The van der Waals surface area contributed by atoms with Crippen LogP contribution in [0.5, 0.6) is 5.75 Å². The molecule has 0 aliphatic rings. The molecular formula is C19H18N4O3S. The number of benzene rings is 1. The Morgan fingerprint density at radius 1 is 1.33 bits per heavy atom. The minimum atomic E-state index is -0.290. The number of ether oxygens (including phenoxy) is 1. The Balaban J connectivity index is 1.55. The van der Waals surface area contributed by atoms with Crippen molar-refractivity contribution in [3.63, 3.8) is 0 Å². The Morgan fingerprint density at radius 3 is 2.93 bits per heavy atom. The maximum Gasteiger partial charge on any atom is 0.277 e. The van der Waals surface area contributed by atoms with E-state index in [1.54, 1.807) is 24.1 Å². The quantitative estimate of drug-likeness (QED) is 0.546. The zero-order valence-electron chi connectivity index (χ0n) is 15.1. The molecule has 3 aromatic heterocycles. The molecule has 4 rings (SSSR count). The highest BCUT2D eigenvalue weighted by molar-refractivity contribution is 7.14. The summed E-state index contributed by atoms with van der Waals surface area (Å²) in [5, 5.41) is 10.3. The van der Waals surface area contributed by atoms with Gasteiger partial charge in [-0.1, -0.05) is 12.1 Å². The van der Waals surface area contributed by atoms with Gasteiger partial charge in [0, 0.05) is 23.0 Å². The first-order valence-electron chi connectivity index (χ1n) is 8.44. The molecule has 138 valence electrons. The van der Waals surface area contributed by atoms with Gasteiger partial charge in [-0.3, -0.25) is 14.8 Å². The molecule has 0 radical (unpaired) electrons. The average molecular weight is 382 g/mol. The van der Waals surface area contributed by atoms with Crippen LogP contribution in [0.2, 0.25) is 0 Å². The number of para-hydroxylation sites is 1. The van der Waals surface area contributed by atoms with Crippen LogP contribution in [-0.2, 0) is 0 Å². The number of rotatable bonds is 5. The van der Waals surface area contributed by atoms with Gasteiger partial charge < -0.3 is 9.15 Å². The maximum atomic E-state index is 12.4. The number of anilines is 1. The summed E-state index contributed by atoms with van der Waals surface area (Å²) in [4.78, 5) is 16.8.